The molecule has 2 aliphatic heterocycles. The van der Waals surface area contributed by atoms with Gasteiger partial charge in [0.05, 0.1) is 24.9 Å². The average Bonchev–Trinajstić information content (AvgIpc) is 3.50. The number of aromatic amines is 1. The van der Waals surface area contributed by atoms with Crippen LogP contribution in [0.25, 0.3) is 10.9 Å². The molecular weight excluding hydrogens is 410 g/mol. The first-order chi connectivity index (χ1) is 15.4. The number of hydrogen-bond acceptors (Lipinski definition) is 6. The quantitative estimate of drug-likeness (QED) is 0.516. The van der Waals surface area contributed by atoms with Gasteiger partial charge in [-0.2, -0.15) is 5.26 Å². The van der Waals surface area contributed by atoms with Gasteiger partial charge in [0.1, 0.15) is 18.0 Å². The number of ether oxygens (including phenoxy) is 1. The largest absolute Gasteiger partial charge is 0.496 e. The third kappa shape index (κ3) is 4.29. The molecule has 0 radical (unpaired) electrons. The normalized spacial score (nSPS) is 25.3. The SMILES string of the molecule is COc1cccc2[nH]c(C(O)N3C[C@H](C)C[C@H]3C(=O)N[C@H](C#N)C[C@@H]3CCNC3=O)cc12. The lowest BCUT2D eigenvalue weighted by molar-refractivity contribution is -0.130. The van der Waals surface area contributed by atoms with Crippen LogP contribution in [0.3, 0.4) is 0 Å². The van der Waals surface area contributed by atoms with Crippen molar-refractivity contribution >= 4 is 22.7 Å². The molecular formula is C23H29N5O4. The molecule has 2 saturated heterocycles. The van der Waals surface area contributed by atoms with Crippen LogP contribution in [0.1, 0.15) is 38.1 Å². The maximum absolute atomic E-state index is 13.1. The molecule has 9 heteroatoms. The van der Waals surface area contributed by atoms with Crippen LogP contribution >= 0.6 is 0 Å². The van der Waals surface area contributed by atoms with E-state index in [1.807, 2.05) is 31.2 Å². The van der Waals surface area contributed by atoms with Gasteiger partial charge in [-0.15, -0.1) is 0 Å². The van der Waals surface area contributed by atoms with E-state index < -0.39 is 18.3 Å². The summed E-state index contributed by atoms with van der Waals surface area (Å²) < 4.78 is 5.40. The number of nitriles is 1. The van der Waals surface area contributed by atoms with E-state index in [4.69, 9.17) is 4.74 Å². The number of aromatic nitrogens is 1. The van der Waals surface area contributed by atoms with E-state index >= 15 is 0 Å². The van der Waals surface area contributed by atoms with Crippen molar-refractivity contribution in [1.29, 1.82) is 5.26 Å². The second-order valence-corrected chi connectivity index (χ2v) is 8.78. The Morgan fingerprint density at radius 1 is 1.47 bits per heavy atom. The third-order valence-corrected chi connectivity index (χ3v) is 6.46. The maximum atomic E-state index is 13.1. The highest BCUT2D eigenvalue weighted by Crippen LogP contribution is 2.34. The summed E-state index contributed by atoms with van der Waals surface area (Å²) in [5, 5.41) is 27.1. The van der Waals surface area contributed by atoms with E-state index in [-0.39, 0.29) is 23.7 Å². The zero-order valence-corrected chi connectivity index (χ0v) is 18.3. The molecule has 5 atom stereocenters. The Morgan fingerprint density at radius 3 is 2.97 bits per heavy atom. The Labute approximate surface area is 186 Å². The fourth-order valence-corrected chi connectivity index (χ4v) is 4.82. The van der Waals surface area contributed by atoms with Crippen molar-refractivity contribution in [2.24, 2.45) is 11.8 Å². The topological polar surface area (TPSA) is 130 Å². The van der Waals surface area contributed by atoms with E-state index in [0.29, 0.717) is 43.8 Å². The van der Waals surface area contributed by atoms with E-state index in [0.717, 1.165) is 10.9 Å². The van der Waals surface area contributed by atoms with E-state index in [1.54, 1.807) is 12.0 Å². The van der Waals surface area contributed by atoms with E-state index in [1.165, 1.54) is 0 Å². The van der Waals surface area contributed by atoms with Crippen LogP contribution in [0.2, 0.25) is 0 Å². The van der Waals surface area contributed by atoms with Gasteiger partial charge >= 0.3 is 0 Å². The van der Waals surface area contributed by atoms with Crippen molar-refractivity contribution < 1.29 is 19.4 Å². The molecule has 2 aliphatic rings. The van der Waals surface area contributed by atoms with Gasteiger partial charge in [-0.25, -0.2) is 0 Å². The van der Waals surface area contributed by atoms with Crippen molar-refractivity contribution in [2.75, 3.05) is 20.2 Å². The minimum Gasteiger partial charge on any atom is -0.496 e. The van der Waals surface area contributed by atoms with Crippen molar-refractivity contribution in [2.45, 2.75) is 44.5 Å². The van der Waals surface area contributed by atoms with Crippen LogP contribution in [0.15, 0.2) is 24.3 Å². The molecule has 1 unspecified atom stereocenters. The van der Waals surface area contributed by atoms with Crippen molar-refractivity contribution in [3.63, 3.8) is 0 Å². The van der Waals surface area contributed by atoms with Gasteiger partial charge in [0.25, 0.3) is 0 Å². The molecule has 2 fully saturated rings. The highest BCUT2D eigenvalue weighted by atomic mass is 16.5. The zero-order chi connectivity index (χ0) is 22.8. The number of likely N-dealkylation sites (tertiary alicyclic amines) is 1. The molecule has 0 saturated carbocycles. The molecule has 0 aliphatic carbocycles. The summed E-state index contributed by atoms with van der Waals surface area (Å²) in [7, 11) is 1.60. The summed E-state index contributed by atoms with van der Waals surface area (Å²) in [5.74, 6) is 0.285. The summed E-state index contributed by atoms with van der Waals surface area (Å²) >= 11 is 0. The van der Waals surface area contributed by atoms with Crippen molar-refractivity contribution in [3.8, 4) is 11.8 Å². The number of carbonyl (C=O) groups is 2. The van der Waals surface area contributed by atoms with Crippen molar-refractivity contribution in [3.05, 3.63) is 30.0 Å². The number of carbonyl (C=O) groups excluding carboxylic acids is 2. The first-order valence-corrected chi connectivity index (χ1v) is 11.0. The molecule has 0 bridgehead atoms. The number of fused-ring (bicyclic) bond motifs is 1. The molecule has 3 heterocycles. The van der Waals surface area contributed by atoms with Gasteiger partial charge in [-0.05, 0) is 43.4 Å². The molecule has 170 valence electrons. The van der Waals surface area contributed by atoms with Gasteiger partial charge in [0, 0.05) is 29.9 Å². The molecule has 4 N–H and O–H groups in total. The number of amides is 2. The van der Waals surface area contributed by atoms with E-state index in [9.17, 15) is 20.0 Å². The molecule has 1 aromatic carbocycles. The second kappa shape index (κ2) is 9.18. The van der Waals surface area contributed by atoms with Crippen molar-refractivity contribution in [1.82, 2.24) is 20.5 Å². The number of benzene rings is 1. The smallest absolute Gasteiger partial charge is 0.238 e. The van der Waals surface area contributed by atoms with Crippen LogP contribution in [-0.2, 0) is 9.59 Å². The first-order valence-electron chi connectivity index (χ1n) is 11.0. The summed E-state index contributed by atoms with van der Waals surface area (Å²) in [6.07, 6.45) is 0.533. The Balaban J connectivity index is 1.49. The lowest BCUT2D eigenvalue weighted by Gasteiger charge is -2.29. The predicted octanol–water partition coefficient (Wildman–Crippen LogP) is 1.41. The number of methoxy groups -OCH3 is 1. The maximum Gasteiger partial charge on any atom is 0.238 e. The summed E-state index contributed by atoms with van der Waals surface area (Å²) in [5.41, 5.74) is 1.42. The minimum atomic E-state index is -1.01. The molecule has 9 nitrogen and oxygen atoms in total. The Bertz CT molecular complexity index is 1040. The summed E-state index contributed by atoms with van der Waals surface area (Å²) in [4.78, 5) is 29.9. The molecule has 4 rings (SSSR count). The van der Waals surface area contributed by atoms with Crippen LogP contribution in [0, 0.1) is 23.2 Å². The number of hydrogen-bond donors (Lipinski definition) is 4. The fraction of sp³-hybridized carbons (Fsp3) is 0.522. The highest BCUT2D eigenvalue weighted by molar-refractivity contribution is 5.87. The van der Waals surface area contributed by atoms with Crippen LogP contribution in [0.5, 0.6) is 5.75 Å². The monoisotopic (exact) mass is 439 g/mol. The number of aliphatic hydroxyl groups is 1. The molecule has 32 heavy (non-hydrogen) atoms. The Morgan fingerprint density at radius 2 is 2.28 bits per heavy atom. The van der Waals surface area contributed by atoms with Gasteiger partial charge in [-0.3, -0.25) is 14.5 Å². The van der Waals surface area contributed by atoms with Crippen LogP contribution < -0.4 is 15.4 Å². The number of aliphatic hydroxyl groups excluding tert-OH is 1. The van der Waals surface area contributed by atoms with Gasteiger partial charge < -0.3 is 25.5 Å². The second-order valence-electron chi connectivity index (χ2n) is 8.78. The first kappa shape index (κ1) is 22.1. The highest BCUT2D eigenvalue weighted by Gasteiger charge is 2.40. The standard InChI is InChI=1S/C23H29N5O4/c1-13-8-19(22(30)26-15(11-24)9-14-6-7-25-21(14)29)28(12-13)23(31)18-10-16-17(27-18)4-3-5-20(16)32-2/h3-5,10,13-15,19,23,27,31H,6-9,12H2,1-2H3,(H,25,29)(H,26,30)/t13-,14+,15+,19+,23?/m1/s1. The lowest BCUT2D eigenvalue weighted by atomic mass is 9.98. The third-order valence-electron chi connectivity index (χ3n) is 6.46. The molecule has 1 aromatic heterocycles. The number of rotatable bonds is 7. The number of nitrogens with one attached hydrogen (secondary N) is 3. The van der Waals surface area contributed by atoms with Crippen LogP contribution in [-0.4, -0.2) is 59.1 Å². The Kier molecular flexibility index (Phi) is 6.35. The molecule has 2 aromatic rings. The summed E-state index contributed by atoms with van der Waals surface area (Å²) in [6, 6.07) is 8.26. The number of H-pyrrole nitrogens is 1. The predicted molar refractivity (Wildman–Crippen MR) is 117 cm³/mol. The van der Waals surface area contributed by atoms with Gasteiger partial charge in [0.2, 0.25) is 11.8 Å². The number of nitrogens with zero attached hydrogens (tertiary/aromatic N) is 2. The van der Waals surface area contributed by atoms with Gasteiger partial charge in [-0.1, -0.05) is 13.0 Å². The van der Waals surface area contributed by atoms with E-state index in [2.05, 4.69) is 21.7 Å². The summed E-state index contributed by atoms with van der Waals surface area (Å²) in [6.45, 7) is 3.19. The fourth-order valence-electron chi connectivity index (χ4n) is 4.82. The lowest BCUT2D eigenvalue weighted by Crippen LogP contribution is -2.48. The van der Waals surface area contributed by atoms with Crippen LogP contribution in [0.4, 0.5) is 0 Å². The zero-order valence-electron chi connectivity index (χ0n) is 18.3. The molecule has 0 spiro atoms. The molecule has 2 amide bonds. The van der Waals surface area contributed by atoms with Gasteiger partial charge in [0.15, 0.2) is 0 Å². The Hall–Kier alpha value is -3.09. The minimum absolute atomic E-state index is 0.0692. The average molecular weight is 440 g/mol.